The van der Waals surface area contributed by atoms with E-state index in [1.807, 2.05) is 0 Å². The molecule has 3 N–H and O–H groups in total. The summed E-state index contributed by atoms with van der Waals surface area (Å²) in [5.74, 6) is -2.23. The van der Waals surface area contributed by atoms with Gasteiger partial charge in [0.2, 0.25) is 10.0 Å². The lowest BCUT2D eigenvalue weighted by Crippen LogP contribution is -2.43. The summed E-state index contributed by atoms with van der Waals surface area (Å²) in [6.45, 7) is -0.982. The van der Waals surface area contributed by atoms with Gasteiger partial charge in [0.1, 0.15) is 11.8 Å². The molecule has 0 fully saturated rings. The summed E-state index contributed by atoms with van der Waals surface area (Å²) in [6.07, 6.45) is -4.91. The van der Waals surface area contributed by atoms with Gasteiger partial charge in [-0.1, -0.05) is 0 Å². The molecule has 0 heterocycles. The van der Waals surface area contributed by atoms with Gasteiger partial charge in [-0.3, -0.25) is 4.79 Å². The van der Waals surface area contributed by atoms with Crippen molar-refractivity contribution < 1.29 is 41.3 Å². The number of rotatable bonds is 6. The molecule has 7 nitrogen and oxygen atoms in total. The highest BCUT2D eigenvalue weighted by molar-refractivity contribution is 7.89. The zero-order valence-corrected chi connectivity index (χ0v) is 11.0. The van der Waals surface area contributed by atoms with E-state index in [1.54, 1.807) is 4.72 Å². The maximum absolute atomic E-state index is 11.9. The number of aliphatic carboxylic acids is 1. The van der Waals surface area contributed by atoms with Crippen molar-refractivity contribution in [2.45, 2.75) is 17.3 Å². The van der Waals surface area contributed by atoms with Crippen LogP contribution < -0.4 is 9.46 Å². The van der Waals surface area contributed by atoms with E-state index in [-0.39, 0.29) is 0 Å². The van der Waals surface area contributed by atoms with Crippen LogP contribution in [0.3, 0.4) is 0 Å². The number of aliphatic hydroxyl groups excluding tert-OH is 1. The molecular formula is C10H10F3NO6S. The number of halogens is 3. The van der Waals surface area contributed by atoms with E-state index in [0.717, 1.165) is 24.3 Å². The van der Waals surface area contributed by atoms with Crippen LogP contribution in [0.25, 0.3) is 0 Å². The highest BCUT2D eigenvalue weighted by Gasteiger charge is 2.31. The van der Waals surface area contributed by atoms with Crippen molar-refractivity contribution in [3.05, 3.63) is 24.3 Å². The van der Waals surface area contributed by atoms with Crippen molar-refractivity contribution in [1.82, 2.24) is 4.72 Å². The topological polar surface area (TPSA) is 113 Å². The van der Waals surface area contributed by atoms with Crippen LogP contribution in [0.15, 0.2) is 29.2 Å². The Morgan fingerprint density at radius 3 is 2.19 bits per heavy atom. The normalized spacial score (nSPS) is 13.7. The number of nitrogens with one attached hydrogen (secondary N) is 1. The summed E-state index contributed by atoms with van der Waals surface area (Å²) in [7, 11) is -4.30. The molecule has 0 aliphatic heterocycles. The maximum atomic E-state index is 11.9. The largest absolute Gasteiger partial charge is 0.573 e. The molecule has 0 saturated heterocycles. The number of ether oxygens (including phenoxy) is 1. The van der Waals surface area contributed by atoms with Crippen molar-refractivity contribution >= 4 is 16.0 Å². The minimum atomic E-state index is -4.91. The second-order valence-corrected chi connectivity index (χ2v) is 5.43. The lowest BCUT2D eigenvalue weighted by Gasteiger charge is -2.13. The molecule has 118 valence electrons. The number of carboxylic acid groups (broad SMARTS) is 1. The van der Waals surface area contributed by atoms with Gasteiger partial charge in [-0.2, -0.15) is 4.72 Å². The molecule has 1 aromatic rings. The lowest BCUT2D eigenvalue weighted by atomic mass is 10.3. The summed E-state index contributed by atoms with van der Waals surface area (Å²) in [5.41, 5.74) is 0. The van der Waals surface area contributed by atoms with E-state index in [9.17, 15) is 26.4 Å². The molecule has 1 unspecified atom stereocenters. The summed E-state index contributed by atoms with van der Waals surface area (Å²) in [5, 5.41) is 17.3. The number of aliphatic hydroxyl groups is 1. The minimum Gasteiger partial charge on any atom is -0.480 e. The van der Waals surface area contributed by atoms with E-state index in [0.29, 0.717) is 0 Å². The zero-order chi connectivity index (χ0) is 16.3. The molecule has 1 rings (SSSR count). The maximum Gasteiger partial charge on any atom is 0.573 e. The monoisotopic (exact) mass is 329 g/mol. The van der Waals surface area contributed by atoms with E-state index in [1.165, 1.54) is 0 Å². The molecule has 0 aliphatic carbocycles. The average Bonchev–Trinajstić information content (AvgIpc) is 2.34. The molecule has 11 heteroatoms. The Hall–Kier alpha value is -1.85. The first-order valence-electron chi connectivity index (χ1n) is 5.27. The van der Waals surface area contributed by atoms with Crippen molar-refractivity contribution in [3.8, 4) is 5.75 Å². The zero-order valence-electron chi connectivity index (χ0n) is 10.2. The number of sulfonamides is 1. The van der Waals surface area contributed by atoms with Gasteiger partial charge in [0, 0.05) is 0 Å². The average molecular weight is 329 g/mol. The first kappa shape index (κ1) is 17.2. The van der Waals surface area contributed by atoms with Crippen LogP contribution in [-0.4, -0.2) is 43.6 Å². The van der Waals surface area contributed by atoms with Crippen LogP contribution in [0.2, 0.25) is 0 Å². The first-order chi connectivity index (χ1) is 9.55. The fourth-order valence-electron chi connectivity index (χ4n) is 1.24. The third kappa shape index (κ3) is 5.21. The smallest absolute Gasteiger partial charge is 0.480 e. The highest BCUT2D eigenvalue weighted by Crippen LogP contribution is 2.23. The fourth-order valence-corrected chi connectivity index (χ4v) is 2.42. The van der Waals surface area contributed by atoms with Gasteiger partial charge >= 0.3 is 12.3 Å². The summed E-state index contributed by atoms with van der Waals surface area (Å²) in [4.78, 5) is 10.1. The predicted octanol–water partition coefficient (Wildman–Crippen LogP) is 0.309. The first-order valence-corrected chi connectivity index (χ1v) is 6.75. The van der Waals surface area contributed by atoms with Gasteiger partial charge < -0.3 is 14.9 Å². The Kier molecular flexibility index (Phi) is 5.15. The van der Waals surface area contributed by atoms with Gasteiger partial charge in [-0.15, -0.1) is 13.2 Å². The van der Waals surface area contributed by atoms with Crippen LogP contribution in [0.5, 0.6) is 5.75 Å². The molecule has 0 spiro atoms. The van der Waals surface area contributed by atoms with Gasteiger partial charge in [0.25, 0.3) is 0 Å². The van der Waals surface area contributed by atoms with Crippen molar-refractivity contribution in [3.63, 3.8) is 0 Å². The van der Waals surface area contributed by atoms with Crippen LogP contribution in [0, 0.1) is 0 Å². The predicted molar refractivity (Wildman–Crippen MR) is 62.0 cm³/mol. The van der Waals surface area contributed by atoms with E-state index >= 15 is 0 Å². The molecule has 0 aliphatic rings. The van der Waals surface area contributed by atoms with E-state index in [2.05, 4.69) is 4.74 Å². The second kappa shape index (κ2) is 6.28. The number of carboxylic acids is 1. The molecule has 21 heavy (non-hydrogen) atoms. The van der Waals surface area contributed by atoms with Gasteiger partial charge in [-0.05, 0) is 24.3 Å². The van der Waals surface area contributed by atoms with Crippen LogP contribution in [0.4, 0.5) is 13.2 Å². The standard InChI is InChI=1S/C10H10F3NO6S/c11-10(12,13)20-6-1-3-7(4-2-6)21(18,19)14-8(5-15)9(16)17/h1-4,8,14-15H,5H2,(H,16,17). The second-order valence-electron chi connectivity index (χ2n) is 3.71. The van der Waals surface area contributed by atoms with Crippen molar-refractivity contribution in [2.24, 2.45) is 0 Å². The molecule has 1 atom stereocenters. The third-order valence-electron chi connectivity index (χ3n) is 2.15. The summed E-state index contributed by atoms with van der Waals surface area (Å²) >= 11 is 0. The Morgan fingerprint density at radius 1 is 1.29 bits per heavy atom. The van der Waals surface area contributed by atoms with Crippen LogP contribution in [-0.2, 0) is 14.8 Å². The molecule has 0 radical (unpaired) electrons. The lowest BCUT2D eigenvalue weighted by molar-refractivity contribution is -0.274. The molecule has 0 aromatic heterocycles. The van der Waals surface area contributed by atoms with Crippen LogP contribution >= 0.6 is 0 Å². The molecule has 1 aromatic carbocycles. The Balaban J connectivity index is 2.92. The third-order valence-corrected chi connectivity index (χ3v) is 3.63. The van der Waals surface area contributed by atoms with Crippen molar-refractivity contribution in [1.29, 1.82) is 0 Å². The Morgan fingerprint density at radius 2 is 1.81 bits per heavy atom. The summed E-state index contributed by atoms with van der Waals surface area (Å²) < 4.78 is 64.6. The quantitative estimate of drug-likeness (QED) is 0.692. The Labute approximate surface area is 117 Å². The van der Waals surface area contributed by atoms with Crippen LogP contribution in [0.1, 0.15) is 0 Å². The number of carbonyl (C=O) groups is 1. The highest BCUT2D eigenvalue weighted by atomic mass is 32.2. The number of hydrogen-bond acceptors (Lipinski definition) is 5. The Bertz CT molecular complexity index is 598. The SMILES string of the molecule is O=C(O)C(CO)NS(=O)(=O)c1ccc(OC(F)(F)F)cc1. The van der Waals surface area contributed by atoms with Gasteiger partial charge in [0.15, 0.2) is 0 Å². The molecular weight excluding hydrogens is 319 g/mol. The molecule has 0 bridgehead atoms. The number of alkyl halides is 3. The molecule has 0 saturated carbocycles. The number of benzene rings is 1. The van der Waals surface area contributed by atoms with Gasteiger partial charge in [-0.25, -0.2) is 8.42 Å². The van der Waals surface area contributed by atoms with E-state index in [4.69, 9.17) is 10.2 Å². The van der Waals surface area contributed by atoms with E-state index < -0.39 is 45.6 Å². The van der Waals surface area contributed by atoms with Gasteiger partial charge in [0.05, 0.1) is 11.5 Å². The summed E-state index contributed by atoms with van der Waals surface area (Å²) in [6, 6.07) is 1.37. The minimum absolute atomic E-state index is 0.475. The molecule has 0 amide bonds. The number of hydrogen-bond donors (Lipinski definition) is 3. The van der Waals surface area contributed by atoms with Crippen molar-refractivity contribution in [2.75, 3.05) is 6.61 Å². The fraction of sp³-hybridized carbons (Fsp3) is 0.300.